The zero-order valence-electron chi connectivity index (χ0n) is 18.9. The lowest BCUT2D eigenvalue weighted by Crippen LogP contribution is -2.27. The summed E-state index contributed by atoms with van der Waals surface area (Å²) in [4.78, 5) is 27.4. The van der Waals surface area contributed by atoms with Crippen molar-refractivity contribution >= 4 is 39.9 Å². The second-order valence-electron chi connectivity index (χ2n) is 8.23. The SMILES string of the molecule is Cc1c(/C=C2/SC(=O)N(Cc3ccccc3C#N)C2=O)c2ccccc2n1Cc1ccccc1F. The normalized spacial score (nSPS) is 14.8. The highest BCUT2D eigenvalue weighted by Gasteiger charge is 2.35. The zero-order chi connectivity index (χ0) is 24.5. The van der Waals surface area contributed by atoms with Crippen LogP contribution in [0, 0.1) is 24.1 Å². The van der Waals surface area contributed by atoms with Crippen LogP contribution in [0.15, 0.2) is 77.7 Å². The Kier molecular flexibility index (Phi) is 5.98. The summed E-state index contributed by atoms with van der Waals surface area (Å²) in [7, 11) is 0. The molecule has 172 valence electrons. The molecule has 2 amide bonds. The van der Waals surface area contributed by atoms with Gasteiger partial charge in [-0.2, -0.15) is 5.26 Å². The van der Waals surface area contributed by atoms with Crippen molar-refractivity contribution in [1.29, 1.82) is 5.26 Å². The highest BCUT2D eigenvalue weighted by atomic mass is 32.2. The molecule has 0 N–H and O–H groups in total. The van der Waals surface area contributed by atoms with Gasteiger partial charge in [0.1, 0.15) is 5.82 Å². The Bertz CT molecular complexity index is 1560. The molecule has 5 nitrogen and oxygen atoms in total. The first-order valence-electron chi connectivity index (χ1n) is 11.0. The number of nitriles is 1. The van der Waals surface area contributed by atoms with E-state index >= 15 is 0 Å². The third-order valence-electron chi connectivity index (χ3n) is 6.18. The molecule has 0 aliphatic carbocycles. The molecular formula is C28H20FN3O2S. The van der Waals surface area contributed by atoms with E-state index in [0.29, 0.717) is 28.1 Å². The average molecular weight is 482 g/mol. The van der Waals surface area contributed by atoms with Gasteiger partial charge in [-0.15, -0.1) is 0 Å². The quantitative estimate of drug-likeness (QED) is 0.316. The molecule has 0 saturated carbocycles. The molecule has 3 aromatic carbocycles. The minimum absolute atomic E-state index is 0.0414. The Morgan fingerprint density at radius 2 is 1.63 bits per heavy atom. The number of fused-ring (bicyclic) bond motifs is 1. The van der Waals surface area contributed by atoms with Gasteiger partial charge in [0, 0.05) is 27.7 Å². The summed E-state index contributed by atoms with van der Waals surface area (Å²) in [5.41, 5.74) is 4.23. The smallest absolute Gasteiger partial charge is 0.293 e. The Balaban J connectivity index is 1.52. The van der Waals surface area contributed by atoms with Crippen LogP contribution < -0.4 is 0 Å². The van der Waals surface area contributed by atoms with E-state index in [4.69, 9.17) is 0 Å². The van der Waals surface area contributed by atoms with Gasteiger partial charge in [0.15, 0.2) is 0 Å². The van der Waals surface area contributed by atoms with Crippen molar-refractivity contribution < 1.29 is 14.0 Å². The standard InChI is InChI=1S/C28H20FN3O2S/c1-18-23(22-11-5-7-13-25(22)31(18)17-21-10-4-6-12-24(21)29)14-26-27(33)32(28(34)35-26)16-20-9-3-2-8-19(20)15-30/h2-14H,16-17H2,1H3/b26-14+. The fraction of sp³-hybridized carbons (Fsp3) is 0.107. The van der Waals surface area contributed by atoms with Crippen LogP contribution in [0.25, 0.3) is 17.0 Å². The van der Waals surface area contributed by atoms with Crippen LogP contribution >= 0.6 is 11.8 Å². The summed E-state index contributed by atoms with van der Waals surface area (Å²) < 4.78 is 16.4. The Morgan fingerprint density at radius 3 is 2.40 bits per heavy atom. The first kappa shape index (κ1) is 22.6. The summed E-state index contributed by atoms with van der Waals surface area (Å²) in [5.74, 6) is -0.664. The van der Waals surface area contributed by atoms with E-state index in [2.05, 4.69) is 6.07 Å². The average Bonchev–Trinajstić information content (AvgIpc) is 3.29. The number of para-hydroxylation sites is 1. The number of benzene rings is 3. The van der Waals surface area contributed by atoms with Crippen molar-refractivity contribution in [2.75, 3.05) is 0 Å². The Morgan fingerprint density at radius 1 is 0.943 bits per heavy atom. The molecule has 7 heteroatoms. The lowest BCUT2D eigenvalue weighted by Gasteiger charge is -2.13. The second-order valence-corrected chi connectivity index (χ2v) is 9.22. The van der Waals surface area contributed by atoms with E-state index in [-0.39, 0.29) is 17.6 Å². The molecule has 2 heterocycles. The van der Waals surface area contributed by atoms with Crippen LogP contribution in [-0.2, 0) is 17.9 Å². The van der Waals surface area contributed by atoms with Crippen LogP contribution in [0.2, 0.25) is 0 Å². The lowest BCUT2D eigenvalue weighted by molar-refractivity contribution is -0.123. The van der Waals surface area contributed by atoms with Gasteiger partial charge >= 0.3 is 0 Å². The maximum Gasteiger partial charge on any atom is 0.293 e. The fourth-order valence-corrected chi connectivity index (χ4v) is 5.17. The molecule has 1 aliphatic rings. The van der Waals surface area contributed by atoms with E-state index in [1.54, 1.807) is 48.5 Å². The van der Waals surface area contributed by atoms with E-state index in [1.807, 2.05) is 35.8 Å². The molecule has 0 radical (unpaired) electrons. The number of hydrogen-bond acceptors (Lipinski definition) is 4. The molecule has 0 bridgehead atoms. The zero-order valence-corrected chi connectivity index (χ0v) is 19.7. The van der Waals surface area contributed by atoms with E-state index in [1.165, 1.54) is 11.0 Å². The molecule has 1 saturated heterocycles. The number of halogens is 1. The van der Waals surface area contributed by atoms with Crippen LogP contribution in [0.4, 0.5) is 9.18 Å². The minimum atomic E-state index is -0.391. The molecule has 1 aliphatic heterocycles. The van der Waals surface area contributed by atoms with Crippen molar-refractivity contribution in [3.05, 3.63) is 111 Å². The number of thioether (sulfide) groups is 1. The second kappa shape index (κ2) is 9.24. The Hall–Kier alpha value is -4.15. The molecule has 1 fully saturated rings. The molecule has 0 unspecified atom stereocenters. The summed E-state index contributed by atoms with van der Waals surface area (Å²) in [6.07, 6.45) is 1.75. The maximum atomic E-state index is 14.4. The molecule has 0 atom stereocenters. The van der Waals surface area contributed by atoms with Crippen molar-refractivity contribution in [3.8, 4) is 6.07 Å². The first-order chi connectivity index (χ1) is 17.0. The number of nitrogens with zero attached hydrogens (tertiary/aromatic N) is 3. The van der Waals surface area contributed by atoms with Gasteiger partial charge in [-0.05, 0) is 48.5 Å². The van der Waals surface area contributed by atoms with Gasteiger partial charge in [0.2, 0.25) is 0 Å². The van der Waals surface area contributed by atoms with Gasteiger partial charge in [0.25, 0.3) is 11.1 Å². The number of amides is 2. The first-order valence-corrected chi connectivity index (χ1v) is 11.8. The maximum absolute atomic E-state index is 14.4. The monoisotopic (exact) mass is 481 g/mol. The van der Waals surface area contributed by atoms with Gasteiger partial charge in [0.05, 0.1) is 29.6 Å². The molecule has 4 aromatic rings. The number of hydrogen-bond donors (Lipinski definition) is 0. The number of rotatable bonds is 5. The number of aromatic nitrogens is 1. The van der Waals surface area contributed by atoms with Gasteiger partial charge in [-0.25, -0.2) is 4.39 Å². The summed E-state index contributed by atoms with van der Waals surface area (Å²) in [6, 6.07) is 23.5. The number of carbonyl (C=O) groups excluding carboxylic acids is 2. The van der Waals surface area contributed by atoms with Crippen molar-refractivity contribution in [2.24, 2.45) is 0 Å². The van der Waals surface area contributed by atoms with Gasteiger partial charge < -0.3 is 4.57 Å². The molecule has 5 rings (SSSR count). The minimum Gasteiger partial charge on any atom is -0.340 e. The lowest BCUT2D eigenvalue weighted by atomic mass is 10.1. The van der Waals surface area contributed by atoms with Crippen LogP contribution in [0.1, 0.15) is 27.9 Å². The summed E-state index contributed by atoms with van der Waals surface area (Å²) in [6.45, 7) is 2.32. The van der Waals surface area contributed by atoms with E-state index in [0.717, 1.165) is 33.9 Å². The van der Waals surface area contributed by atoms with Crippen molar-refractivity contribution in [2.45, 2.75) is 20.0 Å². The van der Waals surface area contributed by atoms with Gasteiger partial charge in [-0.3, -0.25) is 14.5 Å². The molecule has 1 aromatic heterocycles. The van der Waals surface area contributed by atoms with Crippen LogP contribution in [0.3, 0.4) is 0 Å². The topological polar surface area (TPSA) is 66.1 Å². The van der Waals surface area contributed by atoms with E-state index in [9.17, 15) is 19.2 Å². The predicted octanol–water partition coefficient (Wildman–Crippen LogP) is 6.25. The summed E-state index contributed by atoms with van der Waals surface area (Å²) >= 11 is 0.889. The highest BCUT2D eigenvalue weighted by Crippen LogP contribution is 2.36. The van der Waals surface area contributed by atoms with Crippen LogP contribution in [0.5, 0.6) is 0 Å². The molecular weight excluding hydrogens is 461 g/mol. The third-order valence-corrected chi connectivity index (χ3v) is 7.09. The van der Waals surface area contributed by atoms with Crippen LogP contribution in [-0.4, -0.2) is 20.6 Å². The fourth-order valence-electron chi connectivity index (χ4n) is 4.35. The largest absolute Gasteiger partial charge is 0.340 e. The van der Waals surface area contributed by atoms with Crippen molar-refractivity contribution in [1.82, 2.24) is 9.47 Å². The van der Waals surface area contributed by atoms with Gasteiger partial charge in [-0.1, -0.05) is 54.6 Å². The summed E-state index contributed by atoms with van der Waals surface area (Å²) in [5, 5.41) is 9.89. The Labute approximate surface area is 206 Å². The molecule has 0 spiro atoms. The number of imide groups is 1. The number of carbonyl (C=O) groups is 2. The van der Waals surface area contributed by atoms with Crippen molar-refractivity contribution in [3.63, 3.8) is 0 Å². The highest BCUT2D eigenvalue weighted by molar-refractivity contribution is 8.18. The predicted molar refractivity (Wildman–Crippen MR) is 135 cm³/mol. The molecule has 35 heavy (non-hydrogen) atoms. The van der Waals surface area contributed by atoms with E-state index < -0.39 is 5.91 Å². The third kappa shape index (κ3) is 4.13.